The van der Waals surface area contributed by atoms with E-state index in [-0.39, 0.29) is 11.9 Å². The number of amides is 1. The molecule has 7 heteroatoms. The molecule has 29 heavy (non-hydrogen) atoms. The summed E-state index contributed by atoms with van der Waals surface area (Å²) < 4.78 is 27.9. The Hall–Kier alpha value is -3.09. The lowest BCUT2D eigenvalue weighted by Gasteiger charge is -2.26. The van der Waals surface area contributed by atoms with Gasteiger partial charge in [-0.05, 0) is 42.2 Å². The van der Waals surface area contributed by atoms with E-state index in [1.54, 1.807) is 41.6 Å². The summed E-state index contributed by atoms with van der Waals surface area (Å²) in [4.78, 5) is 15.4. The molecule has 4 rings (SSSR count). The molecule has 7 nitrogen and oxygen atoms in total. The van der Waals surface area contributed by atoms with Crippen LogP contribution in [0.4, 0.5) is 0 Å². The van der Waals surface area contributed by atoms with Gasteiger partial charge in [0.15, 0.2) is 23.0 Å². The van der Waals surface area contributed by atoms with E-state index < -0.39 is 0 Å². The smallest absolute Gasteiger partial charge is 0.255 e. The van der Waals surface area contributed by atoms with E-state index in [0.717, 1.165) is 29.5 Å². The minimum absolute atomic E-state index is 0.0281. The minimum atomic E-state index is -0.100. The van der Waals surface area contributed by atoms with Gasteiger partial charge < -0.3 is 28.6 Å². The van der Waals surface area contributed by atoms with Gasteiger partial charge >= 0.3 is 0 Å². The fraction of sp³-hybridized carbons (Fsp3) is 0.409. The molecule has 0 spiro atoms. The number of fused-ring (bicyclic) bond motifs is 5. The van der Waals surface area contributed by atoms with Crippen molar-refractivity contribution in [3.8, 4) is 39.9 Å². The molecule has 0 radical (unpaired) electrons. The van der Waals surface area contributed by atoms with E-state index in [1.165, 1.54) is 0 Å². The molecule has 0 aliphatic carbocycles. The summed E-state index contributed by atoms with van der Waals surface area (Å²) >= 11 is 0. The van der Waals surface area contributed by atoms with E-state index in [2.05, 4.69) is 0 Å². The van der Waals surface area contributed by atoms with Gasteiger partial charge in [-0.1, -0.05) is 0 Å². The average molecular weight is 399 g/mol. The Morgan fingerprint density at radius 1 is 0.759 bits per heavy atom. The first-order chi connectivity index (χ1) is 14.1. The van der Waals surface area contributed by atoms with Crippen molar-refractivity contribution in [2.24, 2.45) is 0 Å². The van der Waals surface area contributed by atoms with Gasteiger partial charge in [-0.15, -0.1) is 0 Å². The Morgan fingerprint density at radius 2 is 1.34 bits per heavy atom. The van der Waals surface area contributed by atoms with Crippen molar-refractivity contribution in [3.63, 3.8) is 0 Å². The van der Waals surface area contributed by atoms with Crippen LogP contribution in [0.2, 0.25) is 0 Å². The zero-order valence-electron chi connectivity index (χ0n) is 17.3. The maximum Gasteiger partial charge on any atom is 0.255 e. The number of ether oxygens (including phenoxy) is 5. The maximum atomic E-state index is 13.5. The SMILES string of the molecule is COc1cc2c(cc1OC)-c1cc(OC)c(OC)c(OC)c1C1CCCN1C2=O. The molecular weight excluding hydrogens is 374 g/mol. The molecule has 1 saturated heterocycles. The zero-order chi connectivity index (χ0) is 20.7. The van der Waals surface area contributed by atoms with Crippen molar-refractivity contribution in [2.45, 2.75) is 18.9 Å². The zero-order valence-corrected chi connectivity index (χ0v) is 17.3. The summed E-state index contributed by atoms with van der Waals surface area (Å²) in [5.74, 6) is 2.71. The molecule has 1 amide bonds. The van der Waals surface area contributed by atoms with Crippen molar-refractivity contribution in [1.29, 1.82) is 0 Å². The fourth-order valence-electron chi connectivity index (χ4n) is 4.48. The lowest BCUT2D eigenvalue weighted by atomic mass is 9.91. The molecule has 154 valence electrons. The third-order valence-electron chi connectivity index (χ3n) is 5.76. The first kappa shape index (κ1) is 19.2. The highest BCUT2D eigenvalue weighted by molar-refractivity contribution is 6.04. The van der Waals surface area contributed by atoms with Gasteiger partial charge in [-0.2, -0.15) is 0 Å². The molecule has 1 unspecified atom stereocenters. The topological polar surface area (TPSA) is 66.5 Å². The molecule has 0 saturated carbocycles. The van der Waals surface area contributed by atoms with Crippen LogP contribution in [0, 0.1) is 0 Å². The van der Waals surface area contributed by atoms with Gasteiger partial charge in [-0.3, -0.25) is 4.79 Å². The van der Waals surface area contributed by atoms with Gasteiger partial charge in [0, 0.05) is 12.1 Å². The van der Waals surface area contributed by atoms with Crippen LogP contribution in [0.1, 0.15) is 34.8 Å². The highest BCUT2D eigenvalue weighted by Crippen LogP contribution is 2.54. The Kier molecular flexibility index (Phi) is 4.90. The Morgan fingerprint density at radius 3 is 1.93 bits per heavy atom. The maximum absolute atomic E-state index is 13.5. The molecule has 0 aromatic heterocycles. The second kappa shape index (κ2) is 7.39. The van der Waals surface area contributed by atoms with Gasteiger partial charge in [0.05, 0.1) is 47.2 Å². The second-order valence-electron chi connectivity index (χ2n) is 7.02. The quantitative estimate of drug-likeness (QED) is 0.764. The van der Waals surface area contributed by atoms with E-state index in [0.29, 0.717) is 40.9 Å². The number of rotatable bonds is 5. The molecular formula is C22H25NO6. The van der Waals surface area contributed by atoms with E-state index in [9.17, 15) is 4.79 Å². The van der Waals surface area contributed by atoms with Crippen molar-refractivity contribution < 1.29 is 28.5 Å². The van der Waals surface area contributed by atoms with Crippen LogP contribution < -0.4 is 23.7 Å². The van der Waals surface area contributed by atoms with Gasteiger partial charge in [0.25, 0.3) is 5.91 Å². The number of hydrogen-bond donors (Lipinski definition) is 0. The van der Waals surface area contributed by atoms with Crippen molar-refractivity contribution in [1.82, 2.24) is 4.90 Å². The highest BCUT2D eigenvalue weighted by Gasteiger charge is 2.40. The number of carbonyl (C=O) groups excluding carboxylic acids is 1. The van der Waals surface area contributed by atoms with Crippen LogP contribution in [0.15, 0.2) is 18.2 Å². The van der Waals surface area contributed by atoms with Gasteiger partial charge in [-0.25, -0.2) is 0 Å². The predicted octanol–water partition coefficient (Wildman–Crippen LogP) is 3.69. The van der Waals surface area contributed by atoms with E-state index in [4.69, 9.17) is 23.7 Å². The number of benzene rings is 2. The molecule has 1 atom stereocenters. The van der Waals surface area contributed by atoms with Crippen molar-refractivity contribution in [3.05, 3.63) is 29.3 Å². The molecule has 2 aromatic carbocycles. The number of nitrogens with zero attached hydrogens (tertiary/aromatic N) is 1. The van der Waals surface area contributed by atoms with Crippen LogP contribution in [0.3, 0.4) is 0 Å². The van der Waals surface area contributed by atoms with E-state index >= 15 is 0 Å². The van der Waals surface area contributed by atoms with Crippen molar-refractivity contribution >= 4 is 5.91 Å². The molecule has 2 aliphatic rings. The summed E-state index contributed by atoms with van der Waals surface area (Å²) in [6.07, 6.45) is 1.78. The van der Waals surface area contributed by atoms with Crippen LogP contribution >= 0.6 is 0 Å². The summed E-state index contributed by atoms with van der Waals surface area (Å²) in [6, 6.07) is 5.41. The molecule has 1 fully saturated rings. The Balaban J connectivity index is 2.12. The largest absolute Gasteiger partial charge is 0.493 e. The van der Waals surface area contributed by atoms with Crippen LogP contribution in [0.5, 0.6) is 28.7 Å². The summed E-state index contributed by atoms with van der Waals surface area (Å²) in [6.45, 7) is 0.689. The molecule has 2 aliphatic heterocycles. The van der Waals surface area contributed by atoms with Crippen molar-refractivity contribution in [2.75, 3.05) is 42.1 Å². The number of methoxy groups -OCH3 is 5. The Labute approximate surface area is 170 Å². The summed E-state index contributed by atoms with van der Waals surface area (Å²) in [5, 5.41) is 0. The predicted molar refractivity (Wildman–Crippen MR) is 108 cm³/mol. The fourth-order valence-corrected chi connectivity index (χ4v) is 4.48. The molecule has 0 N–H and O–H groups in total. The normalized spacial score (nSPS) is 17.1. The standard InChI is InChI=1S/C22H25NO6/c1-25-16-9-12-13-10-18(27-3)20(28-4)21(29-5)19(13)15-7-6-8-23(15)22(24)14(12)11-17(16)26-2/h9-11,15H,6-8H2,1-5H3. The first-order valence-electron chi connectivity index (χ1n) is 9.49. The number of hydrogen-bond acceptors (Lipinski definition) is 6. The Bertz CT molecular complexity index is 971. The lowest BCUT2D eigenvalue weighted by Crippen LogP contribution is -2.29. The average Bonchev–Trinajstić information content (AvgIpc) is 3.22. The first-order valence-corrected chi connectivity index (χ1v) is 9.49. The molecule has 2 heterocycles. The number of carbonyl (C=O) groups is 1. The van der Waals surface area contributed by atoms with Crippen LogP contribution in [-0.4, -0.2) is 52.9 Å². The lowest BCUT2D eigenvalue weighted by molar-refractivity contribution is 0.0738. The van der Waals surface area contributed by atoms with Gasteiger partial charge in [0.1, 0.15) is 0 Å². The monoisotopic (exact) mass is 399 g/mol. The minimum Gasteiger partial charge on any atom is -0.493 e. The van der Waals surface area contributed by atoms with Crippen LogP contribution in [0.25, 0.3) is 11.1 Å². The third-order valence-corrected chi connectivity index (χ3v) is 5.76. The van der Waals surface area contributed by atoms with Gasteiger partial charge in [0.2, 0.25) is 5.75 Å². The molecule has 0 bridgehead atoms. The van der Waals surface area contributed by atoms with Crippen LogP contribution in [-0.2, 0) is 0 Å². The van der Waals surface area contributed by atoms with E-state index in [1.807, 2.05) is 17.0 Å². The third kappa shape index (κ3) is 2.75. The second-order valence-corrected chi connectivity index (χ2v) is 7.02. The highest BCUT2D eigenvalue weighted by atomic mass is 16.5. The summed E-state index contributed by atoms with van der Waals surface area (Å²) in [5.41, 5.74) is 3.14. The molecule has 2 aromatic rings. The summed E-state index contributed by atoms with van der Waals surface area (Å²) in [7, 11) is 7.93.